The van der Waals surface area contributed by atoms with E-state index in [-0.39, 0.29) is 5.82 Å². The zero-order valence-electron chi connectivity index (χ0n) is 20.1. The molecule has 0 aliphatic carbocycles. The molecule has 186 valence electrons. The molecule has 0 unspecified atom stereocenters. The van der Waals surface area contributed by atoms with Crippen molar-refractivity contribution in [2.45, 2.75) is 38.1 Å². The van der Waals surface area contributed by atoms with Crippen LogP contribution in [0.25, 0.3) is 28.0 Å². The highest BCUT2D eigenvalue weighted by Crippen LogP contribution is 2.35. The van der Waals surface area contributed by atoms with E-state index in [1.54, 1.807) is 30.3 Å². The number of nitrogen functional groups attached to an aromatic ring is 1. The quantitative estimate of drug-likeness (QED) is 0.444. The van der Waals surface area contributed by atoms with Gasteiger partial charge in [-0.1, -0.05) is 24.6 Å². The van der Waals surface area contributed by atoms with E-state index in [0.29, 0.717) is 40.0 Å². The lowest BCUT2D eigenvalue weighted by Gasteiger charge is -2.40. The molecule has 2 aliphatic heterocycles. The van der Waals surface area contributed by atoms with Crippen LogP contribution in [-0.4, -0.2) is 56.9 Å². The second-order valence-corrected chi connectivity index (χ2v) is 9.64. The lowest BCUT2D eigenvalue weighted by Crippen LogP contribution is -2.47. The van der Waals surface area contributed by atoms with Crippen LogP contribution in [-0.2, 0) is 0 Å². The number of halogens is 2. The van der Waals surface area contributed by atoms with E-state index in [2.05, 4.69) is 14.9 Å². The van der Waals surface area contributed by atoms with E-state index in [4.69, 9.17) is 15.7 Å². The van der Waals surface area contributed by atoms with Gasteiger partial charge >= 0.3 is 0 Å². The molecule has 2 N–H and O–H groups in total. The van der Waals surface area contributed by atoms with Gasteiger partial charge in [0.15, 0.2) is 5.65 Å². The molecule has 0 amide bonds. The Bertz CT molecular complexity index is 1390. The molecule has 2 fully saturated rings. The average molecular weight is 490 g/mol. The molecular formula is C27H29F2N7. The van der Waals surface area contributed by atoms with Gasteiger partial charge in [-0.25, -0.2) is 18.4 Å². The van der Waals surface area contributed by atoms with Crippen molar-refractivity contribution in [3.05, 3.63) is 60.2 Å². The summed E-state index contributed by atoms with van der Waals surface area (Å²) < 4.78 is 30.3. The second-order valence-electron chi connectivity index (χ2n) is 9.64. The van der Waals surface area contributed by atoms with Crippen molar-refractivity contribution in [3.63, 3.8) is 0 Å². The van der Waals surface area contributed by atoms with Crippen molar-refractivity contribution in [1.29, 1.82) is 0 Å². The van der Waals surface area contributed by atoms with Crippen LogP contribution in [0.1, 0.15) is 32.1 Å². The summed E-state index contributed by atoms with van der Waals surface area (Å²) in [5.74, 6) is -0.0414. The fourth-order valence-electron chi connectivity index (χ4n) is 5.51. The fraction of sp³-hybridized carbons (Fsp3) is 0.370. The van der Waals surface area contributed by atoms with Gasteiger partial charge in [-0.15, -0.1) is 5.10 Å². The van der Waals surface area contributed by atoms with Crippen LogP contribution in [0, 0.1) is 11.6 Å². The summed E-state index contributed by atoms with van der Waals surface area (Å²) in [6, 6.07) is 13.1. The van der Waals surface area contributed by atoms with Crippen LogP contribution in [0.5, 0.6) is 0 Å². The standard InChI is InChI=1S/C27H29F2N7/c28-18-7-6-8-20(17-18)36-25(30)23-24(21-9-2-3-10-22(21)29)31-27(32-26(23)33-36)35-15-11-19(12-16-35)34-13-4-1-5-14-34/h2-3,6-10,17,19H,1,4-5,11-16,30H2. The number of rotatable bonds is 4. The number of benzene rings is 2. The van der Waals surface area contributed by atoms with Gasteiger partial charge in [-0.05, 0) is 69.1 Å². The molecule has 4 aromatic rings. The number of fused-ring (bicyclic) bond motifs is 1. The third kappa shape index (κ3) is 4.17. The van der Waals surface area contributed by atoms with E-state index >= 15 is 0 Å². The Balaban J connectivity index is 1.41. The summed E-state index contributed by atoms with van der Waals surface area (Å²) in [6.07, 6.45) is 5.96. The molecule has 2 aromatic carbocycles. The van der Waals surface area contributed by atoms with Gasteiger partial charge in [-0.3, -0.25) is 0 Å². The van der Waals surface area contributed by atoms with E-state index in [1.807, 2.05) is 0 Å². The van der Waals surface area contributed by atoms with E-state index in [0.717, 1.165) is 25.9 Å². The van der Waals surface area contributed by atoms with Crippen molar-refractivity contribution in [1.82, 2.24) is 24.6 Å². The van der Waals surface area contributed by atoms with E-state index < -0.39 is 11.6 Å². The van der Waals surface area contributed by atoms with Crippen LogP contribution >= 0.6 is 0 Å². The zero-order chi connectivity index (χ0) is 24.6. The van der Waals surface area contributed by atoms with E-state index in [1.165, 1.54) is 55.2 Å². The monoisotopic (exact) mass is 489 g/mol. The lowest BCUT2D eigenvalue weighted by molar-refractivity contribution is 0.141. The Kier molecular flexibility index (Phi) is 6.00. The Morgan fingerprint density at radius 1 is 0.861 bits per heavy atom. The van der Waals surface area contributed by atoms with Gasteiger partial charge in [0, 0.05) is 24.7 Å². The number of nitrogens with two attached hydrogens (primary N) is 1. The van der Waals surface area contributed by atoms with Crippen molar-refractivity contribution < 1.29 is 8.78 Å². The summed E-state index contributed by atoms with van der Waals surface area (Å²) in [7, 11) is 0. The maximum atomic E-state index is 15.0. The molecule has 2 saturated heterocycles. The first-order valence-corrected chi connectivity index (χ1v) is 12.6. The number of anilines is 2. The molecule has 7 nitrogen and oxygen atoms in total. The Morgan fingerprint density at radius 3 is 2.39 bits per heavy atom. The first-order valence-electron chi connectivity index (χ1n) is 12.6. The summed E-state index contributed by atoms with van der Waals surface area (Å²) in [4.78, 5) is 14.4. The topological polar surface area (TPSA) is 76.1 Å². The molecule has 0 atom stereocenters. The summed E-state index contributed by atoms with van der Waals surface area (Å²) in [6.45, 7) is 4.01. The molecule has 2 aromatic heterocycles. The highest BCUT2D eigenvalue weighted by Gasteiger charge is 2.28. The smallest absolute Gasteiger partial charge is 0.228 e. The van der Waals surface area contributed by atoms with Gasteiger partial charge in [0.2, 0.25) is 5.95 Å². The van der Waals surface area contributed by atoms with Crippen molar-refractivity contribution in [2.75, 3.05) is 36.8 Å². The SMILES string of the molecule is Nc1c2c(-c3ccccc3F)nc(N3CCC(N4CCCCC4)CC3)nc2nn1-c1cccc(F)c1. The average Bonchev–Trinajstić information content (AvgIpc) is 3.25. The second kappa shape index (κ2) is 9.46. The van der Waals surface area contributed by atoms with Gasteiger partial charge in [0.25, 0.3) is 0 Å². The minimum atomic E-state index is -0.399. The van der Waals surface area contributed by atoms with Crippen molar-refractivity contribution >= 4 is 22.8 Å². The Labute approximate surface area is 208 Å². The number of likely N-dealkylation sites (tertiary alicyclic amines) is 1. The molecule has 0 bridgehead atoms. The van der Waals surface area contributed by atoms with Crippen LogP contribution in [0.3, 0.4) is 0 Å². The van der Waals surface area contributed by atoms with Crippen LogP contribution in [0.15, 0.2) is 48.5 Å². The minimum Gasteiger partial charge on any atom is -0.383 e. The molecule has 2 aliphatic rings. The lowest BCUT2D eigenvalue weighted by atomic mass is 10.00. The van der Waals surface area contributed by atoms with Crippen molar-refractivity contribution in [2.24, 2.45) is 0 Å². The number of nitrogens with zero attached hydrogens (tertiary/aromatic N) is 6. The predicted molar refractivity (Wildman–Crippen MR) is 137 cm³/mol. The molecule has 36 heavy (non-hydrogen) atoms. The van der Waals surface area contributed by atoms with E-state index in [9.17, 15) is 8.78 Å². The van der Waals surface area contributed by atoms with Gasteiger partial charge in [0.05, 0.1) is 16.8 Å². The molecule has 0 radical (unpaired) electrons. The Hall–Kier alpha value is -3.59. The van der Waals surface area contributed by atoms with Crippen molar-refractivity contribution in [3.8, 4) is 16.9 Å². The minimum absolute atomic E-state index is 0.240. The number of hydrogen-bond acceptors (Lipinski definition) is 6. The molecule has 4 heterocycles. The number of hydrogen-bond donors (Lipinski definition) is 1. The third-order valence-electron chi connectivity index (χ3n) is 7.39. The molecule has 9 heteroatoms. The van der Waals surface area contributed by atoms with Gasteiger partial charge in [-0.2, -0.15) is 4.98 Å². The molecule has 0 spiro atoms. The highest BCUT2D eigenvalue weighted by molar-refractivity contribution is 5.99. The summed E-state index contributed by atoms with van der Waals surface area (Å²) in [5, 5.41) is 5.05. The molecule has 0 saturated carbocycles. The fourth-order valence-corrected chi connectivity index (χ4v) is 5.51. The molecule has 6 rings (SSSR count). The Morgan fingerprint density at radius 2 is 1.64 bits per heavy atom. The third-order valence-corrected chi connectivity index (χ3v) is 7.39. The normalized spacial score (nSPS) is 17.7. The highest BCUT2D eigenvalue weighted by atomic mass is 19.1. The first kappa shape index (κ1) is 22.8. The maximum Gasteiger partial charge on any atom is 0.228 e. The van der Waals surface area contributed by atoms with Gasteiger partial charge in [0.1, 0.15) is 17.5 Å². The summed E-state index contributed by atoms with van der Waals surface area (Å²) >= 11 is 0. The zero-order valence-corrected chi connectivity index (χ0v) is 20.1. The maximum absolute atomic E-state index is 15.0. The number of piperidine rings is 2. The van der Waals surface area contributed by atoms with Crippen LogP contribution < -0.4 is 10.6 Å². The predicted octanol–water partition coefficient (Wildman–Crippen LogP) is 4.80. The number of aromatic nitrogens is 4. The summed E-state index contributed by atoms with van der Waals surface area (Å²) in [5.41, 5.74) is 8.05. The van der Waals surface area contributed by atoms with Gasteiger partial charge < -0.3 is 15.5 Å². The van der Waals surface area contributed by atoms with Crippen LogP contribution in [0.4, 0.5) is 20.5 Å². The van der Waals surface area contributed by atoms with Crippen LogP contribution in [0.2, 0.25) is 0 Å². The largest absolute Gasteiger partial charge is 0.383 e. The molecular weight excluding hydrogens is 460 g/mol. The first-order chi connectivity index (χ1) is 17.6.